The van der Waals surface area contributed by atoms with Gasteiger partial charge in [0, 0.05) is 43.5 Å². The van der Waals surface area contributed by atoms with E-state index in [-0.39, 0.29) is 5.91 Å². The van der Waals surface area contributed by atoms with E-state index in [2.05, 4.69) is 22.0 Å². The molecule has 1 aromatic heterocycles. The fourth-order valence-electron chi connectivity index (χ4n) is 4.57. The molecule has 6 nitrogen and oxygen atoms in total. The van der Waals surface area contributed by atoms with E-state index in [1.807, 2.05) is 59.6 Å². The topological polar surface area (TPSA) is 54.9 Å². The quantitative estimate of drug-likeness (QED) is 0.533. The van der Waals surface area contributed by atoms with Crippen LogP contribution < -0.4 is 9.64 Å². The zero-order valence-corrected chi connectivity index (χ0v) is 19.5. The number of benzene rings is 2. The molecular weight excluding hydrogens is 426 g/mol. The van der Waals surface area contributed by atoms with Crippen molar-refractivity contribution in [3.05, 3.63) is 78.0 Å². The average Bonchev–Trinajstić information content (AvgIpc) is 2.93. The molecule has 0 atom stereocenters. The number of hydrogen-bond acceptors (Lipinski definition) is 5. The lowest BCUT2D eigenvalue weighted by atomic mass is 10.1. The Balaban J connectivity index is 1.27. The number of carbonyl (C=O) groups is 1. The number of amides is 1. The van der Waals surface area contributed by atoms with Gasteiger partial charge < -0.3 is 19.3 Å². The Hall–Kier alpha value is -3.38. The first-order chi connectivity index (χ1) is 16.8. The van der Waals surface area contributed by atoms with Crippen LogP contribution in [0.1, 0.15) is 35.2 Å². The molecule has 2 saturated heterocycles. The number of hydrogen-bond donors (Lipinski definition) is 0. The third-order valence-corrected chi connectivity index (χ3v) is 6.52. The van der Waals surface area contributed by atoms with Gasteiger partial charge in [0.25, 0.3) is 5.91 Å². The van der Waals surface area contributed by atoms with Gasteiger partial charge in [-0.2, -0.15) is 0 Å². The Morgan fingerprint density at radius 3 is 2.47 bits per heavy atom. The summed E-state index contributed by atoms with van der Waals surface area (Å²) in [6.07, 6.45) is 5.27. The number of carbonyl (C=O) groups excluding carboxylic acids is 1. The van der Waals surface area contributed by atoms with Gasteiger partial charge >= 0.3 is 0 Å². The second-order valence-electron chi connectivity index (χ2n) is 8.84. The molecule has 6 heteroatoms. The molecule has 0 N–H and O–H groups in total. The normalized spacial score (nSPS) is 16.4. The van der Waals surface area contributed by atoms with E-state index in [0.29, 0.717) is 6.61 Å². The van der Waals surface area contributed by atoms with E-state index < -0.39 is 0 Å². The highest BCUT2D eigenvalue weighted by molar-refractivity contribution is 5.94. The number of para-hydroxylation sites is 1. The van der Waals surface area contributed by atoms with Crippen LogP contribution >= 0.6 is 0 Å². The van der Waals surface area contributed by atoms with Crippen molar-refractivity contribution in [2.75, 3.05) is 44.3 Å². The first kappa shape index (κ1) is 22.4. The molecule has 0 aliphatic carbocycles. The highest BCUT2D eigenvalue weighted by Gasteiger charge is 2.18. The lowest BCUT2D eigenvalue weighted by molar-refractivity contribution is 0.0724. The average molecular weight is 458 g/mol. The summed E-state index contributed by atoms with van der Waals surface area (Å²) in [6, 6.07) is 20.0. The maximum absolute atomic E-state index is 12.7. The van der Waals surface area contributed by atoms with Crippen molar-refractivity contribution >= 4 is 11.7 Å². The monoisotopic (exact) mass is 457 g/mol. The molecule has 176 valence electrons. The van der Waals surface area contributed by atoms with Crippen LogP contribution in [0.5, 0.6) is 5.75 Å². The van der Waals surface area contributed by atoms with E-state index >= 15 is 0 Å². The first-order valence-corrected chi connectivity index (χ1v) is 12.2. The van der Waals surface area contributed by atoms with Crippen LogP contribution in [0.4, 0.5) is 5.82 Å². The molecule has 0 saturated carbocycles. The van der Waals surface area contributed by atoms with Gasteiger partial charge in [-0.3, -0.25) is 4.79 Å². The number of anilines is 1. The number of ether oxygens (including phenoxy) is 2. The summed E-state index contributed by atoms with van der Waals surface area (Å²) in [6.45, 7) is 5.33. The molecule has 0 radical (unpaired) electrons. The highest BCUT2D eigenvalue weighted by Crippen LogP contribution is 2.32. The minimum atomic E-state index is 0.131. The number of aromatic nitrogens is 1. The van der Waals surface area contributed by atoms with E-state index in [1.54, 1.807) is 0 Å². The van der Waals surface area contributed by atoms with E-state index in [9.17, 15) is 4.79 Å². The molecule has 2 aliphatic heterocycles. The molecule has 3 heterocycles. The molecule has 2 aliphatic rings. The minimum Gasteiger partial charge on any atom is -0.488 e. The van der Waals surface area contributed by atoms with Crippen LogP contribution in [-0.4, -0.2) is 55.2 Å². The zero-order valence-electron chi connectivity index (χ0n) is 19.5. The standard InChI is InChI=1S/C28H31N3O3/c32-28(31-14-4-1-5-15-31)23-10-8-22(9-11-23)21-34-26-7-3-2-6-25(26)24-12-13-29-27(20-24)30-16-18-33-19-17-30/h2-3,6-13,20H,1,4-5,14-19,21H2. The van der Waals surface area contributed by atoms with Crippen molar-refractivity contribution in [3.63, 3.8) is 0 Å². The number of piperidine rings is 1. The SMILES string of the molecule is O=C(c1ccc(COc2ccccc2-c2ccnc(N3CCOCC3)c2)cc1)N1CCCCC1. The smallest absolute Gasteiger partial charge is 0.253 e. The van der Waals surface area contributed by atoms with Crippen molar-refractivity contribution in [3.8, 4) is 16.9 Å². The Morgan fingerprint density at radius 1 is 0.912 bits per heavy atom. The molecule has 2 fully saturated rings. The molecule has 2 aromatic carbocycles. The van der Waals surface area contributed by atoms with Crippen LogP contribution in [0.3, 0.4) is 0 Å². The maximum atomic E-state index is 12.7. The lowest BCUT2D eigenvalue weighted by Gasteiger charge is -2.28. The molecule has 0 unspecified atom stereocenters. The number of morpholine rings is 1. The molecule has 1 amide bonds. The van der Waals surface area contributed by atoms with Gasteiger partial charge in [-0.1, -0.05) is 30.3 Å². The van der Waals surface area contributed by atoms with Gasteiger partial charge in [-0.25, -0.2) is 4.98 Å². The minimum absolute atomic E-state index is 0.131. The Labute approximate surface area is 201 Å². The third-order valence-electron chi connectivity index (χ3n) is 6.52. The number of likely N-dealkylation sites (tertiary alicyclic amines) is 1. The molecule has 34 heavy (non-hydrogen) atoms. The summed E-state index contributed by atoms with van der Waals surface area (Å²) in [5.74, 6) is 1.92. The zero-order chi connectivity index (χ0) is 23.2. The highest BCUT2D eigenvalue weighted by atomic mass is 16.5. The summed E-state index contributed by atoms with van der Waals surface area (Å²) in [5.41, 5.74) is 3.90. The van der Waals surface area contributed by atoms with Crippen molar-refractivity contribution in [1.82, 2.24) is 9.88 Å². The predicted octanol–water partition coefficient (Wildman–Crippen LogP) is 4.79. The van der Waals surface area contributed by atoms with Crippen LogP contribution in [0.25, 0.3) is 11.1 Å². The van der Waals surface area contributed by atoms with Crippen molar-refractivity contribution < 1.29 is 14.3 Å². The molecular formula is C28H31N3O3. The second-order valence-corrected chi connectivity index (χ2v) is 8.84. The van der Waals surface area contributed by atoms with Gasteiger partial charge in [0.05, 0.1) is 13.2 Å². The van der Waals surface area contributed by atoms with Crippen LogP contribution in [0.2, 0.25) is 0 Å². The Kier molecular flexibility index (Phi) is 7.05. The number of pyridine rings is 1. The van der Waals surface area contributed by atoms with Gasteiger partial charge in [0.15, 0.2) is 0 Å². The van der Waals surface area contributed by atoms with Crippen LogP contribution in [0, 0.1) is 0 Å². The van der Waals surface area contributed by atoms with Crippen LogP contribution in [0.15, 0.2) is 66.9 Å². The lowest BCUT2D eigenvalue weighted by Crippen LogP contribution is -2.36. The van der Waals surface area contributed by atoms with Crippen molar-refractivity contribution in [2.45, 2.75) is 25.9 Å². The Bertz CT molecular complexity index is 1100. The predicted molar refractivity (Wildman–Crippen MR) is 133 cm³/mol. The summed E-state index contributed by atoms with van der Waals surface area (Å²) in [7, 11) is 0. The van der Waals surface area contributed by atoms with Crippen molar-refractivity contribution in [2.24, 2.45) is 0 Å². The number of nitrogens with zero attached hydrogens (tertiary/aromatic N) is 3. The first-order valence-electron chi connectivity index (χ1n) is 12.2. The summed E-state index contributed by atoms with van der Waals surface area (Å²) in [4.78, 5) is 21.5. The summed E-state index contributed by atoms with van der Waals surface area (Å²) >= 11 is 0. The fourth-order valence-corrected chi connectivity index (χ4v) is 4.57. The largest absolute Gasteiger partial charge is 0.488 e. The van der Waals surface area contributed by atoms with E-state index in [1.165, 1.54) is 6.42 Å². The maximum Gasteiger partial charge on any atom is 0.253 e. The van der Waals surface area contributed by atoms with Gasteiger partial charge in [-0.15, -0.1) is 0 Å². The number of rotatable bonds is 6. The summed E-state index contributed by atoms with van der Waals surface area (Å²) in [5, 5.41) is 0. The molecule has 5 rings (SSSR count). The Morgan fingerprint density at radius 2 is 1.68 bits per heavy atom. The second kappa shape index (κ2) is 10.7. The molecule has 3 aromatic rings. The van der Waals surface area contributed by atoms with Gasteiger partial charge in [0.2, 0.25) is 0 Å². The van der Waals surface area contributed by atoms with E-state index in [4.69, 9.17) is 9.47 Å². The molecule has 0 spiro atoms. The van der Waals surface area contributed by atoms with Gasteiger partial charge in [-0.05, 0) is 60.7 Å². The van der Waals surface area contributed by atoms with Crippen LogP contribution in [-0.2, 0) is 11.3 Å². The summed E-state index contributed by atoms with van der Waals surface area (Å²) < 4.78 is 11.7. The van der Waals surface area contributed by atoms with Crippen molar-refractivity contribution in [1.29, 1.82) is 0 Å². The van der Waals surface area contributed by atoms with Gasteiger partial charge in [0.1, 0.15) is 18.2 Å². The fraction of sp³-hybridized carbons (Fsp3) is 0.357. The molecule has 0 bridgehead atoms. The third kappa shape index (κ3) is 5.23. The van der Waals surface area contributed by atoms with E-state index in [0.717, 1.165) is 86.1 Å².